The van der Waals surface area contributed by atoms with Gasteiger partial charge in [-0.2, -0.15) is 0 Å². The quantitative estimate of drug-likeness (QED) is 0.609. The molecule has 64 valence electrons. The first kappa shape index (κ1) is 8.53. The van der Waals surface area contributed by atoms with Crippen molar-refractivity contribution in [1.82, 2.24) is 4.90 Å². The molecule has 0 aromatic heterocycles. The molecule has 1 N–H and O–H groups in total. The lowest BCUT2D eigenvalue weighted by atomic mass is 10.1. The van der Waals surface area contributed by atoms with Crippen molar-refractivity contribution in [1.29, 1.82) is 0 Å². The Bertz CT molecular complexity index is 136. The molecule has 0 radical (unpaired) electrons. The van der Waals surface area contributed by atoms with Gasteiger partial charge in [0.15, 0.2) is 0 Å². The molecule has 0 bridgehead atoms. The Hall–Kier alpha value is -0.570. The zero-order valence-electron chi connectivity index (χ0n) is 6.75. The fourth-order valence-electron chi connectivity index (χ4n) is 1.36. The summed E-state index contributed by atoms with van der Waals surface area (Å²) in [6.07, 6.45) is 4.97. The van der Waals surface area contributed by atoms with Crippen LogP contribution in [-0.4, -0.2) is 29.2 Å². The third-order valence-electron chi connectivity index (χ3n) is 2.09. The van der Waals surface area contributed by atoms with Crippen LogP contribution in [0.5, 0.6) is 0 Å². The normalized spacial score (nSPS) is 21.2. The van der Waals surface area contributed by atoms with Gasteiger partial charge in [0.1, 0.15) is 6.73 Å². The molecule has 1 saturated heterocycles. The van der Waals surface area contributed by atoms with Gasteiger partial charge in [0.25, 0.3) is 0 Å². The Labute approximate surface area is 67.0 Å². The van der Waals surface area contributed by atoms with Crippen LogP contribution in [0.15, 0.2) is 0 Å². The Morgan fingerprint density at radius 1 is 1.27 bits per heavy atom. The number of likely N-dealkylation sites (tertiary alicyclic amines) is 1. The first-order chi connectivity index (χ1) is 5.34. The predicted octanol–water partition coefficient (Wildman–Crippen LogP) is 0.729. The number of nitrogens with zero attached hydrogens (tertiary/aromatic N) is 1. The number of hydrogen-bond acceptors (Lipinski definition) is 2. The molecule has 0 atom stereocenters. The van der Waals surface area contributed by atoms with Crippen LogP contribution in [-0.2, 0) is 4.79 Å². The molecule has 1 aliphatic rings. The average molecular weight is 157 g/mol. The van der Waals surface area contributed by atoms with Crippen LogP contribution in [0.1, 0.15) is 32.1 Å². The Morgan fingerprint density at radius 3 is 2.73 bits per heavy atom. The van der Waals surface area contributed by atoms with E-state index in [9.17, 15) is 4.79 Å². The third kappa shape index (κ3) is 2.50. The first-order valence-electron chi connectivity index (χ1n) is 4.23. The maximum Gasteiger partial charge on any atom is 0.224 e. The standard InChI is InChI=1S/C8H15NO2/c10-7-9-6-4-2-1-3-5-8(9)11/h10H,1-7H2. The van der Waals surface area contributed by atoms with Crippen LogP contribution >= 0.6 is 0 Å². The van der Waals surface area contributed by atoms with E-state index in [1.54, 1.807) is 0 Å². The summed E-state index contributed by atoms with van der Waals surface area (Å²) in [5.41, 5.74) is 0. The minimum Gasteiger partial charge on any atom is -0.376 e. The summed E-state index contributed by atoms with van der Waals surface area (Å²) in [7, 11) is 0. The Kier molecular flexibility index (Phi) is 3.36. The second-order valence-corrected chi connectivity index (χ2v) is 2.96. The second kappa shape index (κ2) is 4.34. The highest BCUT2D eigenvalue weighted by atomic mass is 16.3. The number of carbonyl (C=O) groups excluding carboxylic acids is 1. The van der Waals surface area contributed by atoms with Gasteiger partial charge < -0.3 is 10.0 Å². The summed E-state index contributed by atoms with van der Waals surface area (Å²) in [6, 6.07) is 0. The lowest BCUT2D eigenvalue weighted by Crippen LogP contribution is -2.33. The van der Waals surface area contributed by atoms with Crippen molar-refractivity contribution >= 4 is 5.91 Å². The van der Waals surface area contributed by atoms with Crippen molar-refractivity contribution in [3.8, 4) is 0 Å². The highest BCUT2D eigenvalue weighted by molar-refractivity contribution is 5.76. The maximum absolute atomic E-state index is 11.2. The molecule has 0 unspecified atom stereocenters. The molecule has 1 heterocycles. The highest BCUT2D eigenvalue weighted by Gasteiger charge is 2.13. The van der Waals surface area contributed by atoms with Gasteiger partial charge in [-0.05, 0) is 12.8 Å². The van der Waals surface area contributed by atoms with Crippen LogP contribution in [0.3, 0.4) is 0 Å². The number of aliphatic hydroxyl groups excluding tert-OH is 1. The van der Waals surface area contributed by atoms with Gasteiger partial charge in [-0.25, -0.2) is 0 Å². The molecule has 3 heteroatoms. The molecule has 1 amide bonds. The molecule has 1 aliphatic heterocycles. The van der Waals surface area contributed by atoms with Gasteiger partial charge in [0.05, 0.1) is 0 Å². The van der Waals surface area contributed by atoms with Crippen molar-refractivity contribution in [3.63, 3.8) is 0 Å². The summed E-state index contributed by atoms with van der Waals surface area (Å²) in [6.45, 7) is 0.619. The van der Waals surface area contributed by atoms with Gasteiger partial charge in [0, 0.05) is 13.0 Å². The molecule has 3 nitrogen and oxygen atoms in total. The maximum atomic E-state index is 11.2. The van der Waals surface area contributed by atoms with Crippen LogP contribution in [0.25, 0.3) is 0 Å². The van der Waals surface area contributed by atoms with Gasteiger partial charge in [0.2, 0.25) is 5.91 Å². The number of carbonyl (C=O) groups is 1. The molecule has 0 spiro atoms. The fourth-order valence-corrected chi connectivity index (χ4v) is 1.36. The number of rotatable bonds is 1. The van der Waals surface area contributed by atoms with E-state index >= 15 is 0 Å². The van der Waals surface area contributed by atoms with Gasteiger partial charge in [-0.1, -0.05) is 12.8 Å². The molecule has 0 aliphatic carbocycles. The Balaban J connectivity index is 2.39. The van der Waals surface area contributed by atoms with Crippen LogP contribution in [0.4, 0.5) is 0 Å². The molecule has 0 saturated carbocycles. The van der Waals surface area contributed by atoms with Crippen LogP contribution in [0.2, 0.25) is 0 Å². The van der Waals surface area contributed by atoms with Gasteiger partial charge in [-0.3, -0.25) is 4.79 Å². The van der Waals surface area contributed by atoms with Crippen molar-refractivity contribution in [2.24, 2.45) is 0 Å². The summed E-state index contributed by atoms with van der Waals surface area (Å²) in [5.74, 6) is 0.104. The minimum atomic E-state index is -0.112. The van der Waals surface area contributed by atoms with Crippen LogP contribution < -0.4 is 0 Å². The van der Waals surface area contributed by atoms with Gasteiger partial charge >= 0.3 is 0 Å². The van der Waals surface area contributed by atoms with E-state index in [4.69, 9.17) is 5.11 Å². The van der Waals surface area contributed by atoms with Crippen molar-refractivity contribution < 1.29 is 9.90 Å². The van der Waals surface area contributed by atoms with Crippen molar-refractivity contribution in [2.45, 2.75) is 32.1 Å². The number of aliphatic hydroxyl groups is 1. The van der Waals surface area contributed by atoms with Crippen molar-refractivity contribution in [2.75, 3.05) is 13.3 Å². The SMILES string of the molecule is O=C1CCCCCCN1CO. The summed E-state index contributed by atoms with van der Waals surface area (Å²) in [5, 5.41) is 8.78. The van der Waals surface area contributed by atoms with E-state index in [0.717, 1.165) is 25.8 Å². The summed E-state index contributed by atoms with van der Waals surface area (Å²) < 4.78 is 0. The molecule has 0 aromatic carbocycles. The Morgan fingerprint density at radius 2 is 2.00 bits per heavy atom. The molecular weight excluding hydrogens is 142 g/mol. The molecule has 0 aromatic rings. The second-order valence-electron chi connectivity index (χ2n) is 2.96. The molecule has 1 fully saturated rings. The number of hydrogen-bond donors (Lipinski definition) is 1. The minimum absolute atomic E-state index is 0.104. The lowest BCUT2D eigenvalue weighted by Gasteiger charge is -2.21. The predicted molar refractivity (Wildman–Crippen MR) is 41.9 cm³/mol. The first-order valence-corrected chi connectivity index (χ1v) is 4.23. The van der Waals surface area contributed by atoms with E-state index < -0.39 is 0 Å². The van der Waals surface area contributed by atoms with E-state index in [1.807, 2.05) is 0 Å². The van der Waals surface area contributed by atoms with E-state index in [2.05, 4.69) is 0 Å². The third-order valence-corrected chi connectivity index (χ3v) is 2.09. The fraction of sp³-hybridized carbons (Fsp3) is 0.875. The van der Waals surface area contributed by atoms with E-state index in [1.165, 1.54) is 11.3 Å². The smallest absolute Gasteiger partial charge is 0.224 e. The zero-order chi connectivity index (χ0) is 8.10. The van der Waals surface area contributed by atoms with Crippen molar-refractivity contribution in [3.05, 3.63) is 0 Å². The summed E-state index contributed by atoms with van der Waals surface area (Å²) in [4.78, 5) is 12.7. The average Bonchev–Trinajstić information content (AvgIpc) is 1.98. The van der Waals surface area contributed by atoms with E-state index in [0.29, 0.717) is 6.42 Å². The molecule has 1 rings (SSSR count). The monoisotopic (exact) mass is 157 g/mol. The molecular formula is C8H15NO2. The lowest BCUT2D eigenvalue weighted by molar-refractivity contribution is -0.135. The van der Waals surface area contributed by atoms with E-state index in [-0.39, 0.29) is 12.6 Å². The number of amides is 1. The molecule has 11 heavy (non-hydrogen) atoms. The topological polar surface area (TPSA) is 40.5 Å². The van der Waals surface area contributed by atoms with Gasteiger partial charge in [-0.15, -0.1) is 0 Å². The highest BCUT2D eigenvalue weighted by Crippen LogP contribution is 2.10. The largest absolute Gasteiger partial charge is 0.376 e. The zero-order valence-corrected chi connectivity index (χ0v) is 6.75. The van der Waals surface area contributed by atoms with Crippen LogP contribution in [0, 0.1) is 0 Å². The summed E-state index contributed by atoms with van der Waals surface area (Å²) >= 11 is 0.